The summed E-state index contributed by atoms with van der Waals surface area (Å²) >= 11 is 0. The molecule has 118 valence electrons. The van der Waals surface area contributed by atoms with Crippen LogP contribution in [0.3, 0.4) is 0 Å². The monoisotopic (exact) mass is 292 g/mol. The van der Waals surface area contributed by atoms with Crippen LogP contribution in [0.5, 0.6) is 0 Å². The Morgan fingerprint density at radius 2 is 1.90 bits per heavy atom. The van der Waals surface area contributed by atoms with Crippen molar-refractivity contribution in [1.82, 2.24) is 9.80 Å². The van der Waals surface area contributed by atoms with E-state index in [0.29, 0.717) is 6.54 Å². The molecule has 0 amide bonds. The van der Waals surface area contributed by atoms with E-state index < -0.39 is 5.97 Å². The van der Waals surface area contributed by atoms with Crippen LogP contribution >= 0.6 is 0 Å². The summed E-state index contributed by atoms with van der Waals surface area (Å²) in [5, 5.41) is 9.13. The summed E-state index contributed by atoms with van der Waals surface area (Å²) in [5.74, 6) is -1.06. The molecule has 0 bridgehead atoms. The highest BCUT2D eigenvalue weighted by atomic mass is 16.4. The van der Waals surface area contributed by atoms with E-state index >= 15 is 0 Å². The van der Waals surface area contributed by atoms with Crippen molar-refractivity contribution in [3.63, 3.8) is 0 Å². The molecule has 0 saturated carbocycles. The Kier molecular flexibility index (Phi) is 7.40. The maximum atomic E-state index is 11.1. The van der Waals surface area contributed by atoms with Crippen molar-refractivity contribution in [2.24, 2.45) is 5.92 Å². The summed E-state index contributed by atoms with van der Waals surface area (Å²) in [5.41, 5.74) is 2.54. The van der Waals surface area contributed by atoms with Crippen molar-refractivity contribution in [3.8, 4) is 0 Å². The van der Waals surface area contributed by atoms with E-state index in [1.54, 1.807) is 6.92 Å². The average Bonchev–Trinajstić information content (AvgIpc) is 2.40. The van der Waals surface area contributed by atoms with Crippen LogP contribution in [0.4, 0.5) is 0 Å². The molecule has 0 aliphatic heterocycles. The summed E-state index contributed by atoms with van der Waals surface area (Å²) in [7, 11) is 4.12. The molecule has 0 spiro atoms. The molecular weight excluding hydrogens is 264 g/mol. The van der Waals surface area contributed by atoms with Crippen LogP contribution in [-0.4, -0.2) is 54.6 Å². The van der Waals surface area contributed by atoms with Crippen molar-refractivity contribution < 1.29 is 9.90 Å². The maximum Gasteiger partial charge on any atom is 0.307 e. The molecule has 1 unspecified atom stereocenters. The van der Waals surface area contributed by atoms with Gasteiger partial charge in [-0.1, -0.05) is 31.2 Å². The molecule has 0 aliphatic carbocycles. The predicted octanol–water partition coefficient (Wildman–Crippen LogP) is 2.47. The van der Waals surface area contributed by atoms with E-state index in [9.17, 15) is 4.79 Å². The van der Waals surface area contributed by atoms with Crippen LogP contribution in [0.25, 0.3) is 0 Å². The molecule has 1 atom stereocenters. The van der Waals surface area contributed by atoms with Gasteiger partial charge in [0, 0.05) is 13.1 Å². The van der Waals surface area contributed by atoms with Gasteiger partial charge in [0.15, 0.2) is 0 Å². The van der Waals surface area contributed by atoms with Gasteiger partial charge in [0.05, 0.1) is 5.92 Å². The molecule has 0 aliphatic rings. The number of carboxylic acid groups (broad SMARTS) is 1. The molecule has 0 radical (unpaired) electrons. The molecule has 0 heterocycles. The zero-order valence-corrected chi connectivity index (χ0v) is 13.7. The Morgan fingerprint density at radius 3 is 2.48 bits per heavy atom. The second-order valence-electron chi connectivity index (χ2n) is 6.06. The lowest BCUT2D eigenvalue weighted by Crippen LogP contribution is -2.33. The molecule has 1 aromatic rings. The minimum atomic E-state index is -0.725. The van der Waals surface area contributed by atoms with E-state index in [2.05, 4.69) is 43.0 Å². The molecule has 1 rings (SSSR count). The number of aliphatic carboxylic acids is 1. The highest BCUT2D eigenvalue weighted by molar-refractivity contribution is 5.69. The number of nitrogens with zero attached hydrogens (tertiary/aromatic N) is 2. The van der Waals surface area contributed by atoms with E-state index in [-0.39, 0.29) is 5.92 Å². The molecule has 4 nitrogen and oxygen atoms in total. The predicted molar refractivity (Wildman–Crippen MR) is 86.4 cm³/mol. The Labute approximate surface area is 128 Å². The smallest absolute Gasteiger partial charge is 0.307 e. The summed E-state index contributed by atoms with van der Waals surface area (Å²) in [6, 6.07) is 8.31. The first-order valence-corrected chi connectivity index (χ1v) is 7.54. The molecular formula is C17H28N2O2. The lowest BCUT2D eigenvalue weighted by molar-refractivity contribution is -0.141. The van der Waals surface area contributed by atoms with Crippen LogP contribution in [0.1, 0.15) is 24.5 Å². The third-order valence-electron chi connectivity index (χ3n) is 3.69. The SMILES string of the molecule is Cc1ccccc1CN(CCCN(C)C)CC(C)C(=O)O. The number of hydrogen-bond acceptors (Lipinski definition) is 3. The first kappa shape index (κ1) is 17.7. The van der Waals surface area contributed by atoms with Crippen LogP contribution in [0.2, 0.25) is 0 Å². The first-order chi connectivity index (χ1) is 9.90. The molecule has 4 heteroatoms. The van der Waals surface area contributed by atoms with Crippen molar-refractivity contribution in [2.75, 3.05) is 33.7 Å². The van der Waals surface area contributed by atoms with E-state index in [0.717, 1.165) is 26.1 Å². The van der Waals surface area contributed by atoms with Gasteiger partial charge in [-0.15, -0.1) is 0 Å². The minimum Gasteiger partial charge on any atom is -0.481 e. The average molecular weight is 292 g/mol. The maximum absolute atomic E-state index is 11.1. The number of aryl methyl sites for hydroxylation is 1. The van der Waals surface area contributed by atoms with Crippen molar-refractivity contribution in [1.29, 1.82) is 0 Å². The van der Waals surface area contributed by atoms with Crippen LogP contribution < -0.4 is 0 Å². The van der Waals surface area contributed by atoms with Gasteiger partial charge in [0.1, 0.15) is 0 Å². The number of benzene rings is 1. The topological polar surface area (TPSA) is 43.8 Å². The van der Waals surface area contributed by atoms with Gasteiger partial charge >= 0.3 is 5.97 Å². The van der Waals surface area contributed by atoms with Crippen LogP contribution in [0.15, 0.2) is 24.3 Å². The Bertz CT molecular complexity index is 446. The molecule has 21 heavy (non-hydrogen) atoms. The van der Waals surface area contributed by atoms with Crippen LogP contribution in [0, 0.1) is 12.8 Å². The molecule has 1 N–H and O–H groups in total. The molecule has 1 aromatic carbocycles. The second-order valence-corrected chi connectivity index (χ2v) is 6.06. The van der Waals surface area contributed by atoms with E-state index in [1.807, 2.05) is 12.1 Å². The van der Waals surface area contributed by atoms with Gasteiger partial charge in [0.25, 0.3) is 0 Å². The summed E-state index contributed by atoms with van der Waals surface area (Å²) in [6.45, 7) is 7.23. The van der Waals surface area contributed by atoms with Gasteiger partial charge in [-0.25, -0.2) is 0 Å². The number of rotatable bonds is 9. The molecule has 0 saturated heterocycles. The number of hydrogen-bond donors (Lipinski definition) is 1. The van der Waals surface area contributed by atoms with Gasteiger partial charge in [-0.2, -0.15) is 0 Å². The van der Waals surface area contributed by atoms with Gasteiger partial charge in [-0.3, -0.25) is 9.69 Å². The number of carbonyl (C=O) groups is 1. The zero-order valence-electron chi connectivity index (χ0n) is 13.7. The highest BCUT2D eigenvalue weighted by Crippen LogP contribution is 2.12. The Morgan fingerprint density at radius 1 is 1.24 bits per heavy atom. The lowest BCUT2D eigenvalue weighted by atomic mass is 10.1. The Balaban J connectivity index is 2.66. The van der Waals surface area contributed by atoms with Gasteiger partial charge < -0.3 is 10.0 Å². The highest BCUT2D eigenvalue weighted by Gasteiger charge is 2.16. The van der Waals surface area contributed by atoms with E-state index in [4.69, 9.17) is 5.11 Å². The first-order valence-electron chi connectivity index (χ1n) is 7.54. The summed E-state index contributed by atoms with van der Waals surface area (Å²) < 4.78 is 0. The summed E-state index contributed by atoms with van der Waals surface area (Å²) in [4.78, 5) is 15.5. The second kappa shape index (κ2) is 8.80. The fourth-order valence-corrected chi connectivity index (χ4v) is 2.34. The largest absolute Gasteiger partial charge is 0.481 e. The minimum absolute atomic E-state index is 0.339. The lowest BCUT2D eigenvalue weighted by Gasteiger charge is -2.25. The standard InChI is InChI=1S/C17H28N2O2/c1-14-8-5-6-9-16(14)13-19(11-7-10-18(3)4)12-15(2)17(20)21/h5-6,8-9,15H,7,10-13H2,1-4H3,(H,20,21). The fourth-order valence-electron chi connectivity index (χ4n) is 2.34. The normalized spacial score (nSPS) is 12.9. The zero-order chi connectivity index (χ0) is 15.8. The van der Waals surface area contributed by atoms with Crippen molar-refractivity contribution in [2.45, 2.75) is 26.8 Å². The quantitative estimate of drug-likeness (QED) is 0.759. The van der Waals surface area contributed by atoms with Gasteiger partial charge in [-0.05, 0) is 51.7 Å². The molecule has 0 aromatic heterocycles. The Hall–Kier alpha value is -1.39. The van der Waals surface area contributed by atoms with Crippen LogP contribution in [-0.2, 0) is 11.3 Å². The van der Waals surface area contributed by atoms with E-state index in [1.165, 1.54) is 11.1 Å². The fraction of sp³-hybridized carbons (Fsp3) is 0.588. The summed E-state index contributed by atoms with van der Waals surface area (Å²) in [6.07, 6.45) is 1.05. The third-order valence-corrected chi connectivity index (χ3v) is 3.69. The molecule has 0 fully saturated rings. The number of carboxylic acids is 1. The van der Waals surface area contributed by atoms with Crippen molar-refractivity contribution >= 4 is 5.97 Å². The van der Waals surface area contributed by atoms with Gasteiger partial charge in [0.2, 0.25) is 0 Å². The van der Waals surface area contributed by atoms with Crippen molar-refractivity contribution in [3.05, 3.63) is 35.4 Å². The third kappa shape index (κ3) is 6.74.